The molecule has 0 aliphatic rings. The van der Waals surface area contributed by atoms with Gasteiger partial charge in [-0.05, 0) is 0 Å². The van der Waals surface area contributed by atoms with E-state index in [1.54, 1.807) is 0 Å². The molecule has 94 valence electrons. The van der Waals surface area contributed by atoms with E-state index >= 15 is 0 Å². The van der Waals surface area contributed by atoms with Crippen molar-refractivity contribution in [3.63, 3.8) is 0 Å². The van der Waals surface area contributed by atoms with Crippen LogP contribution in [0.5, 0.6) is 0 Å². The van der Waals surface area contributed by atoms with Gasteiger partial charge in [-0.15, -0.1) is 0 Å². The van der Waals surface area contributed by atoms with E-state index in [1.165, 1.54) is 0 Å². The van der Waals surface area contributed by atoms with Gasteiger partial charge in [-0.3, -0.25) is 4.79 Å². The number of carbonyl (C=O) groups excluding carboxylic acids is 1. The predicted octanol–water partition coefficient (Wildman–Crippen LogP) is -1.43. The van der Waals surface area contributed by atoms with Gasteiger partial charge in [0, 0.05) is 19.5 Å². The lowest BCUT2D eigenvalue weighted by Crippen LogP contribution is -2.29. The molecule has 0 unspecified atom stereocenters. The Kier molecular flexibility index (Phi) is 9.58. The van der Waals surface area contributed by atoms with E-state index in [9.17, 15) is 9.59 Å². The van der Waals surface area contributed by atoms with Crippen molar-refractivity contribution in [2.45, 2.75) is 6.42 Å². The molecule has 0 heterocycles. The first-order chi connectivity index (χ1) is 7.66. The van der Waals surface area contributed by atoms with Crippen LogP contribution in [0.15, 0.2) is 0 Å². The van der Waals surface area contributed by atoms with Crippen LogP contribution in [0.3, 0.4) is 0 Å². The van der Waals surface area contributed by atoms with Crippen molar-refractivity contribution in [1.82, 2.24) is 5.32 Å². The van der Waals surface area contributed by atoms with Crippen molar-refractivity contribution in [2.75, 3.05) is 39.5 Å². The van der Waals surface area contributed by atoms with Gasteiger partial charge in [-0.25, -0.2) is 4.79 Å². The Hall–Kier alpha value is -1.18. The molecular weight excluding hydrogens is 216 g/mol. The average Bonchev–Trinajstić information content (AvgIpc) is 2.22. The quantitative estimate of drug-likeness (QED) is 0.400. The first-order valence-corrected chi connectivity index (χ1v) is 5.01. The zero-order chi connectivity index (χ0) is 12.2. The van der Waals surface area contributed by atoms with E-state index in [4.69, 9.17) is 20.3 Å². The topological polar surface area (TPSA) is 111 Å². The molecule has 1 amide bonds. The Bertz CT molecular complexity index is 210. The number of aliphatic carboxylic acids is 1. The van der Waals surface area contributed by atoms with Gasteiger partial charge in [0.25, 0.3) is 0 Å². The molecule has 16 heavy (non-hydrogen) atoms. The number of nitrogens with one attached hydrogen (secondary N) is 1. The molecule has 0 aromatic carbocycles. The van der Waals surface area contributed by atoms with E-state index in [2.05, 4.69) is 5.32 Å². The monoisotopic (exact) mass is 234 g/mol. The Morgan fingerprint density at radius 3 is 2.50 bits per heavy atom. The molecule has 0 fully saturated rings. The van der Waals surface area contributed by atoms with Crippen LogP contribution in [0.25, 0.3) is 0 Å². The molecular formula is C9H18N2O5. The highest BCUT2D eigenvalue weighted by Crippen LogP contribution is 1.79. The van der Waals surface area contributed by atoms with E-state index in [0.29, 0.717) is 32.7 Å². The zero-order valence-electron chi connectivity index (χ0n) is 9.11. The predicted molar refractivity (Wildman–Crippen MR) is 56.0 cm³/mol. The molecule has 0 bridgehead atoms. The molecule has 0 saturated carbocycles. The van der Waals surface area contributed by atoms with Crippen LogP contribution in [0.1, 0.15) is 6.42 Å². The van der Waals surface area contributed by atoms with E-state index in [1.807, 2.05) is 0 Å². The summed E-state index contributed by atoms with van der Waals surface area (Å²) in [6, 6.07) is 0. The number of hydrogen-bond donors (Lipinski definition) is 3. The third kappa shape index (κ3) is 10.9. The van der Waals surface area contributed by atoms with Crippen molar-refractivity contribution in [3.8, 4) is 0 Å². The molecule has 7 heteroatoms. The summed E-state index contributed by atoms with van der Waals surface area (Å²) >= 11 is 0. The molecule has 7 nitrogen and oxygen atoms in total. The number of rotatable bonds is 10. The van der Waals surface area contributed by atoms with Crippen molar-refractivity contribution >= 4 is 11.9 Å². The normalized spacial score (nSPS) is 10.1. The molecule has 0 rings (SSSR count). The first-order valence-electron chi connectivity index (χ1n) is 5.01. The van der Waals surface area contributed by atoms with Crippen LogP contribution < -0.4 is 11.1 Å². The highest BCUT2D eigenvalue weighted by molar-refractivity contribution is 5.75. The molecule has 0 aromatic rings. The average molecular weight is 234 g/mol. The lowest BCUT2D eigenvalue weighted by molar-refractivity contribution is -0.142. The Morgan fingerprint density at radius 2 is 1.88 bits per heavy atom. The van der Waals surface area contributed by atoms with Gasteiger partial charge in [0.2, 0.25) is 5.91 Å². The van der Waals surface area contributed by atoms with Gasteiger partial charge in [0.15, 0.2) is 0 Å². The van der Waals surface area contributed by atoms with Crippen molar-refractivity contribution in [1.29, 1.82) is 0 Å². The minimum Gasteiger partial charge on any atom is -0.480 e. The molecule has 0 spiro atoms. The maximum Gasteiger partial charge on any atom is 0.329 e. The SMILES string of the molecule is NCCC(=O)NCCOCCOCC(=O)O. The smallest absolute Gasteiger partial charge is 0.329 e. The van der Waals surface area contributed by atoms with Gasteiger partial charge in [0.1, 0.15) is 6.61 Å². The Morgan fingerprint density at radius 1 is 1.19 bits per heavy atom. The lowest BCUT2D eigenvalue weighted by Gasteiger charge is -2.05. The van der Waals surface area contributed by atoms with E-state index in [0.717, 1.165) is 0 Å². The molecule has 0 radical (unpaired) electrons. The second-order valence-corrected chi connectivity index (χ2v) is 2.95. The second kappa shape index (κ2) is 10.3. The fourth-order valence-electron chi connectivity index (χ4n) is 0.861. The molecule has 4 N–H and O–H groups in total. The summed E-state index contributed by atoms with van der Waals surface area (Å²) in [4.78, 5) is 21.0. The number of carboxylic acids is 1. The molecule has 0 saturated heterocycles. The van der Waals surface area contributed by atoms with Crippen LogP contribution in [-0.4, -0.2) is 56.5 Å². The van der Waals surface area contributed by atoms with Crippen LogP contribution >= 0.6 is 0 Å². The summed E-state index contributed by atoms with van der Waals surface area (Å²) in [5.41, 5.74) is 5.18. The van der Waals surface area contributed by atoms with Gasteiger partial charge < -0.3 is 25.6 Å². The fraction of sp³-hybridized carbons (Fsp3) is 0.778. The number of nitrogens with two attached hydrogens (primary N) is 1. The number of hydrogen-bond acceptors (Lipinski definition) is 5. The Labute approximate surface area is 93.9 Å². The summed E-state index contributed by atoms with van der Waals surface area (Å²) < 4.78 is 9.81. The minimum absolute atomic E-state index is 0.103. The third-order valence-electron chi connectivity index (χ3n) is 1.54. The van der Waals surface area contributed by atoms with E-state index < -0.39 is 5.97 Å². The summed E-state index contributed by atoms with van der Waals surface area (Å²) in [6.07, 6.45) is 0.307. The minimum atomic E-state index is -1.01. The zero-order valence-corrected chi connectivity index (χ0v) is 9.11. The van der Waals surface area contributed by atoms with Crippen molar-refractivity contribution in [3.05, 3.63) is 0 Å². The summed E-state index contributed by atoms with van der Waals surface area (Å²) in [6.45, 7) is 1.32. The van der Waals surface area contributed by atoms with Crippen molar-refractivity contribution < 1.29 is 24.2 Å². The van der Waals surface area contributed by atoms with Gasteiger partial charge in [0.05, 0.1) is 19.8 Å². The summed E-state index contributed by atoms with van der Waals surface area (Å²) in [5.74, 6) is -1.11. The molecule has 0 aliphatic heterocycles. The molecule has 0 aromatic heterocycles. The molecule has 0 aliphatic carbocycles. The lowest BCUT2D eigenvalue weighted by atomic mass is 10.4. The maximum atomic E-state index is 10.9. The number of carboxylic acid groups (broad SMARTS) is 1. The third-order valence-corrected chi connectivity index (χ3v) is 1.54. The highest BCUT2D eigenvalue weighted by Gasteiger charge is 1.98. The maximum absolute atomic E-state index is 10.9. The highest BCUT2D eigenvalue weighted by atomic mass is 16.5. The first kappa shape index (κ1) is 14.8. The molecule has 0 atom stereocenters. The fourth-order valence-corrected chi connectivity index (χ4v) is 0.861. The van der Waals surface area contributed by atoms with Crippen LogP contribution in [0.2, 0.25) is 0 Å². The number of carbonyl (C=O) groups is 2. The largest absolute Gasteiger partial charge is 0.480 e. The standard InChI is InChI=1S/C9H18N2O5/c10-2-1-8(12)11-3-4-15-5-6-16-7-9(13)14/h1-7,10H2,(H,11,12)(H,13,14). The van der Waals surface area contributed by atoms with Crippen molar-refractivity contribution in [2.24, 2.45) is 5.73 Å². The Balaban J connectivity index is 3.09. The second-order valence-electron chi connectivity index (χ2n) is 2.95. The summed E-state index contributed by atoms with van der Waals surface area (Å²) in [7, 11) is 0. The van der Waals surface area contributed by atoms with Gasteiger partial charge in [-0.2, -0.15) is 0 Å². The number of ether oxygens (including phenoxy) is 2. The van der Waals surface area contributed by atoms with Crippen LogP contribution in [0.4, 0.5) is 0 Å². The number of amides is 1. The van der Waals surface area contributed by atoms with E-state index in [-0.39, 0.29) is 19.1 Å². The van der Waals surface area contributed by atoms with Crippen LogP contribution in [0, 0.1) is 0 Å². The summed E-state index contributed by atoms with van der Waals surface area (Å²) in [5, 5.41) is 10.9. The van der Waals surface area contributed by atoms with Gasteiger partial charge >= 0.3 is 5.97 Å². The van der Waals surface area contributed by atoms with Crippen LogP contribution in [-0.2, 0) is 19.1 Å². The van der Waals surface area contributed by atoms with Gasteiger partial charge in [-0.1, -0.05) is 0 Å².